The van der Waals surface area contributed by atoms with E-state index in [9.17, 15) is 14.4 Å². The Hall–Kier alpha value is -2.82. The fourth-order valence-corrected chi connectivity index (χ4v) is 2.90. The van der Waals surface area contributed by atoms with Gasteiger partial charge in [-0.05, 0) is 46.0 Å². The Kier molecular flexibility index (Phi) is 15.4. The smallest absolute Gasteiger partial charge is 0.321 e. The van der Waals surface area contributed by atoms with E-state index >= 15 is 0 Å². The van der Waals surface area contributed by atoms with Crippen LogP contribution in [-0.4, -0.2) is 101 Å². The number of methoxy groups -OCH3 is 1. The van der Waals surface area contributed by atoms with Crippen molar-refractivity contribution in [1.82, 2.24) is 15.1 Å². The zero-order valence-electron chi connectivity index (χ0n) is 21.3. The summed E-state index contributed by atoms with van der Waals surface area (Å²) in [5, 5.41) is 2.49. The van der Waals surface area contributed by atoms with Crippen LogP contribution in [0.4, 0.5) is 10.5 Å². The molecule has 2 amide bonds. The Morgan fingerprint density at radius 2 is 1.79 bits per heavy atom. The molecular weight excluding hydrogens is 440 g/mol. The van der Waals surface area contributed by atoms with Crippen LogP contribution in [0.2, 0.25) is 0 Å². The summed E-state index contributed by atoms with van der Waals surface area (Å²) < 4.78 is 10.9. The van der Waals surface area contributed by atoms with Crippen LogP contribution in [-0.2, 0) is 14.3 Å². The topological polar surface area (TPSA) is 108 Å². The number of ether oxygens (including phenoxy) is 2. The van der Waals surface area contributed by atoms with Gasteiger partial charge in [0, 0.05) is 51.8 Å². The van der Waals surface area contributed by atoms with E-state index < -0.39 is 0 Å². The van der Waals surface area contributed by atoms with Gasteiger partial charge in [0.1, 0.15) is 25.1 Å². The average molecular weight is 481 g/mol. The minimum absolute atomic E-state index is 0.0106. The van der Waals surface area contributed by atoms with Crippen LogP contribution in [0.3, 0.4) is 0 Å². The summed E-state index contributed by atoms with van der Waals surface area (Å²) in [6.07, 6.45) is 1.61. The molecule has 2 rings (SSSR count). The van der Waals surface area contributed by atoms with Crippen molar-refractivity contribution in [2.75, 3.05) is 65.6 Å². The number of carbonyl (C=O) groups is 4. The standard InChI is InChI=1S/C13H16N2O4.C10H22N2O.CH2O/c1-14-13(18)15(6-3-7-16)11-8-10(9-17)4-5-12(11)19-2;1-10(2,3)13-9-12-7-5-11(4)6-8-12;1-2/h4-5,7-9H,3,6H2,1-2H3,(H,14,18);5-9H2,1-4H3;1H2. The molecule has 10 nitrogen and oxygen atoms in total. The summed E-state index contributed by atoms with van der Waals surface area (Å²) >= 11 is 0. The molecule has 0 saturated carbocycles. The van der Waals surface area contributed by atoms with E-state index in [1.807, 2.05) is 6.79 Å². The zero-order chi connectivity index (χ0) is 26.1. The van der Waals surface area contributed by atoms with Crippen molar-refractivity contribution in [1.29, 1.82) is 0 Å². The molecule has 1 saturated heterocycles. The third-order valence-corrected chi connectivity index (χ3v) is 4.84. The van der Waals surface area contributed by atoms with Gasteiger partial charge in [-0.15, -0.1) is 0 Å². The summed E-state index contributed by atoms with van der Waals surface area (Å²) in [4.78, 5) is 47.2. The van der Waals surface area contributed by atoms with Crippen LogP contribution >= 0.6 is 0 Å². The molecule has 0 bridgehead atoms. The van der Waals surface area contributed by atoms with E-state index in [1.165, 1.54) is 19.1 Å². The predicted octanol–water partition coefficient (Wildman–Crippen LogP) is 2.06. The average Bonchev–Trinajstić information content (AvgIpc) is 2.84. The molecule has 1 aromatic rings. The van der Waals surface area contributed by atoms with Crippen LogP contribution in [0.5, 0.6) is 5.75 Å². The Bertz CT molecular complexity index is 745. The van der Waals surface area contributed by atoms with Crippen molar-refractivity contribution in [3.8, 4) is 5.75 Å². The number of benzene rings is 1. The first-order valence-corrected chi connectivity index (χ1v) is 11.0. The first kappa shape index (κ1) is 31.2. The molecule has 1 fully saturated rings. The Morgan fingerprint density at radius 3 is 2.26 bits per heavy atom. The first-order valence-electron chi connectivity index (χ1n) is 11.0. The number of likely N-dealkylation sites (N-methyl/N-ethyl adjacent to an activating group) is 1. The summed E-state index contributed by atoms with van der Waals surface area (Å²) in [6, 6.07) is 4.38. The largest absolute Gasteiger partial charge is 0.495 e. The lowest BCUT2D eigenvalue weighted by Gasteiger charge is -2.34. The molecule has 0 aromatic heterocycles. The van der Waals surface area contributed by atoms with Crippen LogP contribution in [0.25, 0.3) is 0 Å². The second-order valence-corrected chi connectivity index (χ2v) is 8.52. The van der Waals surface area contributed by atoms with Crippen LogP contribution in [0, 0.1) is 0 Å². The minimum atomic E-state index is -0.372. The molecule has 0 aliphatic carbocycles. The molecule has 1 aliphatic heterocycles. The molecule has 0 spiro atoms. The van der Waals surface area contributed by atoms with Crippen LogP contribution < -0.4 is 15.0 Å². The molecule has 192 valence electrons. The van der Waals surface area contributed by atoms with Crippen molar-refractivity contribution in [3.05, 3.63) is 23.8 Å². The molecule has 34 heavy (non-hydrogen) atoms. The minimum Gasteiger partial charge on any atom is -0.495 e. The zero-order valence-corrected chi connectivity index (χ0v) is 21.3. The van der Waals surface area contributed by atoms with E-state index in [2.05, 4.69) is 42.9 Å². The van der Waals surface area contributed by atoms with Crippen molar-refractivity contribution in [3.63, 3.8) is 0 Å². The van der Waals surface area contributed by atoms with Crippen molar-refractivity contribution in [2.24, 2.45) is 0 Å². The monoisotopic (exact) mass is 480 g/mol. The number of urea groups is 1. The van der Waals surface area contributed by atoms with Crippen molar-refractivity contribution in [2.45, 2.75) is 32.8 Å². The number of hydrogen-bond donors (Lipinski definition) is 1. The highest BCUT2D eigenvalue weighted by molar-refractivity contribution is 5.95. The number of piperazine rings is 1. The van der Waals surface area contributed by atoms with Gasteiger partial charge in [0.15, 0.2) is 0 Å². The second kappa shape index (κ2) is 16.7. The molecule has 1 heterocycles. The van der Waals surface area contributed by atoms with Crippen molar-refractivity contribution >= 4 is 31.1 Å². The lowest BCUT2D eigenvalue weighted by molar-refractivity contribution is -0.107. The number of rotatable bonds is 8. The summed E-state index contributed by atoms with van der Waals surface area (Å²) in [5.41, 5.74) is 0.868. The van der Waals surface area contributed by atoms with E-state index in [1.54, 1.807) is 18.2 Å². The van der Waals surface area contributed by atoms with E-state index in [4.69, 9.17) is 14.3 Å². The fourth-order valence-electron chi connectivity index (χ4n) is 2.90. The van der Waals surface area contributed by atoms with E-state index in [0.717, 1.165) is 39.2 Å². The number of anilines is 1. The molecule has 1 N–H and O–H groups in total. The van der Waals surface area contributed by atoms with Crippen LogP contribution in [0.1, 0.15) is 37.6 Å². The molecule has 1 aromatic carbocycles. The molecule has 0 unspecified atom stereocenters. The summed E-state index contributed by atoms with van der Waals surface area (Å²) in [6.45, 7) is 13.9. The van der Waals surface area contributed by atoms with Gasteiger partial charge in [0.25, 0.3) is 0 Å². The quantitative estimate of drug-likeness (QED) is 0.564. The molecule has 0 radical (unpaired) electrons. The summed E-state index contributed by atoms with van der Waals surface area (Å²) in [7, 11) is 5.13. The number of nitrogens with zero attached hydrogens (tertiary/aromatic N) is 3. The number of hydrogen-bond acceptors (Lipinski definition) is 8. The van der Waals surface area contributed by atoms with Gasteiger partial charge in [-0.25, -0.2) is 4.79 Å². The number of amides is 2. The molecule has 1 aliphatic rings. The normalized spacial score (nSPS) is 13.9. The fraction of sp³-hybridized carbons (Fsp3) is 0.583. The van der Waals surface area contributed by atoms with Gasteiger partial charge in [0.2, 0.25) is 0 Å². The van der Waals surface area contributed by atoms with Gasteiger partial charge in [0.05, 0.1) is 25.1 Å². The van der Waals surface area contributed by atoms with E-state index in [-0.39, 0.29) is 24.6 Å². The van der Waals surface area contributed by atoms with Gasteiger partial charge in [-0.3, -0.25) is 14.6 Å². The van der Waals surface area contributed by atoms with Gasteiger partial charge in [-0.1, -0.05) is 0 Å². The maximum Gasteiger partial charge on any atom is 0.321 e. The van der Waals surface area contributed by atoms with Gasteiger partial charge >= 0.3 is 6.03 Å². The molecule has 0 atom stereocenters. The predicted molar refractivity (Wildman–Crippen MR) is 133 cm³/mol. The lowest BCUT2D eigenvalue weighted by atomic mass is 10.2. The third-order valence-electron chi connectivity index (χ3n) is 4.84. The van der Waals surface area contributed by atoms with E-state index in [0.29, 0.717) is 23.3 Å². The first-order chi connectivity index (χ1) is 16.1. The number of aldehydes is 2. The Morgan fingerprint density at radius 1 is 1.18 bits per heavy atom. The lowest BCUT2D eigenvalue weighted by Crippen LogP contribution is -2.46. The summed E-state index contributed by atoms with van der Waals surface area (Å²) in [5.74, 6) is 0.458. The van der Waals surface area contributed by atoms with Crippen LogP contribution in [0.15, 0.2) is 18.2 Å². The molecule has 10 heteroatoms. The highest BCUT2D eigenvalue weighted by Crippen LogP contribution is 2.29. The van der Waals surface area contributed by atoms with Gasteiger partial charge < -0.3 is 29.3 Å². The number of carbonyl (C=O) groups excluding carboxylic acids is 4. The number of nitrogens with one attached hydrogen (secondary N) is 1. The Labute approximate surface area is 203 Å². The highest BCUT2D eigenvalue weighted by atomic mass is 16.5. The Balaban J connectivity index is 0.000000633. The highest BCUT2D eigenvalue weighted by Gasteiger charge is 2.19. The SMILES string of the molecule is C=O.CN1CCN(COC(C)(C)C)CC1.CNC(=O)N(CCC=O)c1cc(C=O)ccc1OC. The maximum atomic E-state index is 11.8. The molecular formula is C24H40N4O6. The second-order valence-electron chi connectivity index (χ2n) is 8.52. The maximum absolute atomic E-state index is 11.8. The van der Waals surface area contributed by atoms with Crippen molar-refractivity contribution < 1.29 is 28.7 Å². The van der Waals surface area contributed by atoms with Gasteiger partial charge in [-0.2, -0.15) is 0 Å². The third kappa shape index (κ3) is 11.9.